The van der Waals surface area contributed by atoms with Gasteiger partial charge < -0.3 is 10.6 Å². The summed E-state index contributed by atoms with van der Waals surface area (Å²) in [6.45, 7) is 1.45. The molecule has 6 nitrogen and oxygen atoms in total. The summed E-state index contributed by atoms with van der Waals surface area (Å²) in [6.07, 6.45) is 3.44. The predicted molar refractivity (Wildman–Crippen MR) is 87.2 cm³/mol. The van der Waals surface area contributed by atoms with Gasteiger partial charge in [0.05, 0.1) is 10.4 Å². The Balaban J connectivity index is 1.66. The number of carbonyl (C=O) groups excluding carboxylic acids is 1. The van der Waals surface area contributed by atoms with Crippen molar-refractivity contribution in [2.75, 3.05) is 26.2 Å². The lowest BCUT2D eigenvalue weighted by Gasteiger charge is -2.37. The van der Waals surface area contributed by atoms with Crippen molar-refractivity contribution in [3.8, 4) is 0 Å². The highest BCUT2D eigenvalue weighted by Gasteiger charge is 2.41. The maximum atomic E-state index is 12.6. The van der Waals surface area contributed by atoms with E-state index in [1.54, 1.807) is 35.2 Å². The number of nitrogens with two attached hydrogens (primary N) is 1. The van der Waals surface area contributed by atoms with Crippen LogP contribution in [0.4, 0.5) is 0 Å². The molecule has 2 fully saturated rings. The number of benzene rings is 1. The molecule has 23 heavy (non-hydrogen) atoms. The molecule has 1 saturated carbocycles. The van der Waals surface area contributed by atoms with Gasteiger partial charge in [-0.2, -0.15) is 4.31 Å². The van der Waals surface area contributed by atoms with Crippen LogP contribution in [0, 0.1) is 0 Å². The van der Waals surface area contributed by atoms with Crippen molar-refractivity contribution in [2.45, 2.75) is 36.1 Å². The van der Waals surface area contributed by atoms with Gasteiger partial charge in [-0.3, -0.25) is 4.79 Å². The molecule has 1 saturated heterocycles. The minimum Gasteiger partial charge on any atom is -0.338 e. The molecule has 0 atom stereocenters. The molecule has 1 aromatic rings. The molecule has 126 valence electrons. The van der Waals surface area contributed by atoms with Gasteiger partial charge in [-0.15, -0.1) is 0 Å². The monoisotopic (exact) mass is 337 g/mol. The Bertz CT molecular complexity index is 661. The van der Waals surface area contributed by atoms with Crippen LogP contribution in [-0.4, -0.2) is 55.2 Å². The number of hydrogen-bond acceptors (Lipinski definition) is 4. The minimum absolute atomic E-state index is 0.0215. The Morgan fingerprint density at radius 2 is 1.57 bits per heavy atom. The molecule has 0 spiro atoms. The molecule has 1 heterocycles. The summed E-state index contributed by atoms with van der Waals surface area (Å²) in [5, 5.41) is 0. The first-order valence-electron chi connectivity index (χ1n) is 8.07. The fourth-order valence-corrected chi connectivity index (χ4v) is 4.85. The van der Waals surface area contributed by atoms with E-state index < -0.39 is 15.6 Å². The average molecular weight is 337 g/mol. The molecule has 2 aliphatic rings. The zero-order valence-corrected chi connectivity index (χ0v) is 14.0. The summed E-state index contributed by atoms with van der Waals surface area (Å²) in [6, 6.07) is 8.41. The van der Waals surface area contributed by atoms with Crippen LogP contribution in [0.25, 0.3) is 0 Å². The quantitative estimate of drug-likeness (QED) is 0.884. The van der Waals surface area contributed by atoms with Gasteiger partial charge >= 0.3 is 0 Å². The molecule has 1 aliphatic carbocycles. The van der Waals surface area contributed by atoms with Crippen molar-refractivity contribution in [1.82, 2.24) is 9.21 Å². The van der Waals surface area contributed by atoms with Crippen LogP contribution in [0.3, 0.4) is 0 Å². The second kappa shape index (κ2) is 6.22. The van der Waals surface area contributed by atoms with Gasteiger partial charge in [0.1, 0.15) is 0 Å². The fourth-order valence-electron chi connectivity index (χ4n) is 3.41. The Hall–Kier alpha value is -1.44. The van der Waals surface area contributed by atoms with E-state index in [9.17, 15) is 13.2 Å². The largest absolute Gasteiger partial charge is 0.338 e. The van der Waals surface area contributed by atoms with Crippen LogP contribution in [-0.2, 0) is 14.8 Å². The Labute approximate surface area is 137 Å². The number of amides is 1. The van der Waals surface area contributed by atoms with Crippen LogP contribution in [0.15, 0.2) is 35.2 Å². The van der Waals surface area contributed by atoms with E-state index >= 15 is 0 Å². The van der Waals surface area contributed by atoms with Crippen LogP contribution in [0.2, 0.25) is 0 Å². The third kappa shape index (κ3) is 3.13. The third-order valence-electron chi connectivity index (χ3n) is 4.83. The van der Waals surface area contributed by atoms with Crippen LogP contribution in [0.5, 0.6) is 0 Å². The Morgan fingerprint density at radius 3 is 2.13 bits per heavy atom. The molecule has 0 radical (unpaired) electrons. The van der Waals surface area contributed by atoms with E-state index in [-0.39, 0.29) is 5.91 Å². The number of hydrogen-bond donors (Lipinski definition) is 1. The van der Waals surface area contributed by atoms with E-state index in [2.05, 4.69) is 0 Å². The first-order valence-corrected chi connectivity index (χ1v) is 9.51. The van der Waals surface area contributed by atoms with Crippen molar-refractivity contribution in [3.05, 3.63) is 30.3 Å². The van der Waals surface area contributed by atoms with Gasteiger partial charge in [-0.05, 0) is 25.0 Å². The lowest BCUT2D eigenvalue weighted by Crippen LogP contribution is -2.59. The molecule has 7 heteroatoms. The molecular formula is C16H23N3O3S. The normalized spacial score (nSPS) is 22.2. The molecular weight excluding hydrogens is 314 g/mol. The molecule has 1 aliphatic heterocycles. The highest BCUT2D eigenvalue weighted by Crippen LogP contribution is 2.29. The lowest BCUT2D eigenvalue weighted by molar-refractivity contribution is -0.138. The molecule has 0 aromatic heterocycles. The van der Waals surface area contributed by atoms with E-state index in [1.807, 2.05) is 0 Å². The number of sulfonamides is 1. The van der Waals surface area contributed by atoms with Crippen molar-refractivity contribution < 1.29 is 13.2 Å². The minimum atomic E-state index is -3.48. The molecule has 2 N–H and O–H groups in total. The first kappa shape index (κ1) is 16.4. The van der Waals surface area contributed by atoms with E-state index in [0.717, 1.165) is 25.7 Å². The van der Waals surface area contributed by atoms with Gasteiger partial charge in [0.2, 0.25) is 15.9 Å². The Kier molecular flexibility index (Phi) is 4.44. The van der Waals surface area contributed by atoms with Gasteiger partial charge in [0, 0.05) is 26.2 Å². The second-order valence-electron chi connectivity index (χ2n) is 6.37. The maximum Gasteiger partial charge on any atom is 0.243 e. The predicted octanol–water partition coefficient (Wildman–Crippen LogP) is 0.791. The summed E-state index contributed by atoms with van der Waals surface area (Å²) in [5.74, 6) is -0.0215. The van der Waals surface area contributed by atoms with Crippen LogP contribution in [0.1, 0.15) is 25.7 Å². The van der Waals surface area contributed by atoms with E-state index in [1.165, 1.54) is 4.31 Å². The van der Waals surface area contributed by atoms with E-state index in [0.29, 0.717) is 31.1 Å². The second-order valence-corrected chi connectivity index (χ2v) is 8.31. The summed E-state index contributed by atoms with van der Waals surface area (Å²) >= 11 is 0. The topological polar surface area (TPSA) is 83.7 Å². The van der Waals surface area contributed by atoms with Crippen molar-refractivity contribution in [3.63, 3.8) is 0 Å². The zero-order valence-electron chi connectivity index (χ0n) is 13.1. The molecule has 0 unspecified atom stereocenters. The molecule has 1 amide bonds. The standard InChI is InChI=1S/C16H23N3O3S/c17-16(8-4-5-9-16)15(20)18-10-12-19(13-11-18)23(21,22)14-6-2-1-3-7-14/h1-3,6-7H,4-5,8-13,17H2. The first-order chi connectivity index (χ1) is 10.9. The van der Waals surface area contributed by atoms with Gasteiger partial charge in [-0.1, -0.05) is 31.0 Å². The number of rotatable bonds is 3. The molecule has 0 bridgehead atoms. The summed E-state index contributed by atoms with van der Waals surface area (Å²) in [4.78, 5) is 14.6. The number of nitrogens with zero attached hydrogens (tertiary/aromatic N) is 2. The van der Waals surface area contributed by atoms with Gasteiger partial charge in [0.15, 0.2) is 0 Å². The number of carbonyl (C=O) groups is 1. The Morgan fingerprint density at radius 1 is 1.00 bits per heavy atom. The van der Waals surface area contributed by atoms with Crippen LogP contribution < -0.4 is 5.73 Å². The molecule has 3 rings (SSSR count). The lowest BCUT2D eigenvalue weighted by atomic mass is 9.97. The van der Waals surface area contributed by atoms with E-state index in [4.69, 9.17) is 5.73 Å². The third-order valence-corrected chi connectivity index (χ3v) is 6.74. The summed E-state index contributed by atoms with van der Waals surface area (Å²) in [7, 11) is -3.48. The van der Waals surface area contributed by atoms with Crippen molar-refractivity contribution in [1.29, 1.82) is 0 Å². The fraction of sp³-hybridized carbons (Fsp3) is 0.562. The van der Waals surface area contributed by atoms with Gasteiger partial charge in [-0.25, -0.2) is 8.42 Å². The zero-order chi connectivity index (χ0) is 16.5. The SMILES string of the molecule is NC1(C(=O)N2CCN(S(=O)(=O)c3ccccc3)CC2)CCCC1. The van der Waals surface area contributed by atoms with Crippen molar-refractivity contribution >= 4 is 15.9 Å². The maximum absolute atomic E-state index is 12.6. The average Bonchev–Trinajstić information content (AvgIpc) is 3.03. The summed E-state index contributed by atoms with van der Waals surface area (Å²) < 4.78 is 26.6. The van der Waals surface area contributed by atoms with Crippen LogP contribution >= 0.6 is 0 Å². The molecule has 1 aromatic carbocycles. The number of piperazine rings is 1. The highest BCUT2D eigenvalue weighted by molar-refractivity contribution is 7.89. The summed E-state index contributed by atoms with van der Waals surface area (Å²) in [5.41, 5.74) is 5.49. The smallest absolute Gasteiger partial charge is 0.243 e. The van der Waals surface area contributed by atoms with Crippen molar-refractivity contribution in [2.24, 2.45) is 5.73 Å². The highest BCUT2D eigenvalue weighted by atomic mass is 32.2. The van der Waals surface area contributed by atoms with Gasteiger partial charge in [0.25, 0.3) is 0 Å².